The summed E-state index contributed by atoms with van der Waals surface area (Å²) in [5.41, 5.74) is 3.25. The summed E-state index contributed by atoms with van der Waals surface area (Å²) in [5.74, 6) is 0. The minimum atomic E-state index is 1.10. The van der Waals surface area contributed by atoms with Crippen molar-refractivity contribution in [1.29, 1.82) is 0 Å². The van der Waals surface area contributed by atoms with E-state index in [1.807, 2.05) is 0 Å². The standard InChI is InChI=1S/C10H12/c1-2-6-10-8-4-3-7-9(10)5-1/h1,5H,3-4,6-8H2. The van der Waals surface area contributed by atoms with Gasteiger partial charge in [0.2, 0.25) is 0 Å². The zero-order valence-electron chi connectivity index (χ0n) is 6.19. The lowest BCUT2D eigenvalue weighted by Gasteiger charge is -2.20. The van der Waals surface area contributed by atoms with Gasteiger partial charge in [0, 0.05) is 6.42 Å². The van der Waals surface area contributed by atoms with E-state index in [1.54, 1.807) is 11.1 Å². The first-order chi connectivity index (χ1) is 4.97. The van der Waals surface area contributed by atoms with Crippen molar-refractivity contribution in [2.75, 3.05) is 0 Å². The highest BCUT2D eigenvalue weighted by molar-refractivity contribution is 5.34. The molecular formula is C10H12. The molecule has 2 radical (unpaired) electrons. The zero-order valence-corrected chi connectivity index (χ0v) is 6.19. The van der Waals surface area contributed by atoms with Gasteiger partial charge in [-0.1, -0.05) is 17.7 Å². The first-order valence-corrected chi connectivity index (χ1v) is 4.07. The Morgan fingerprint density at radius 2 is 2.10 bits per heavy atom. The van der Waals surface area contributed by atoms with Crippen LogP contribution in [0.2, 0.25) is 0 Å². The van der Waals surface area contributed by atoms with Crippen LogP contribution >= 0.6 is 0 Å². The van der Waals surface area contributed by atoms with Crippen molar-refractivity contribution < 1.29 is 0 Å². The van der Waals surface area contributed by atoms with Crippen LogP contribution in [0.3, 0.4) is 0 Å². The third kappa shape index (κ3) is 1.03. The van der Waals surface area contributed by atoms with Gasteiger partial charge in [-0.2, -0.15) is 0 Å². The maximum absolute atomic E-state index is 3.25. The third-order valence-electron chi connectivity index (χ3n) is 2.35. The van der Waals surface area contributed by atoms with E-state index in [4.69, 9.17) is 0 Å². The Bertz CT molecular complexity index is 184. The Labute approximate surface area is 62.6 Å². The summed E-state index contributed by atoms with van der Waals surface area (Å²) in [4.78, 5) is 0. The summed E-state index contributed by atoms with van der Waals surface area (Å²) >= 11 is 0. The molecule has 0 aromatic carbocycles. The fourth-order valence-corrected chi connectivity index (χ4v) is 1.74. The fourth-order valence-electron chi connectivity index (χ4n) is 1.74. The van der Waals surface area contributed by atoms with Gasteiger partial charge in [-0.25, -0.2) is 0 Å². The second-order valence-corrected chi connectivity index (χ2v) is 3.05. The van der Waals surface area contributed by atoms with E-state index in [9.17, 15) is 0 Å². The van der Waals surface area contributed by atoms with Crippen LogP contribution in [0.25, 0.3) is 0 Å². The van der Waals surface area contributed by atoms with Crippen LogP contribution in [0.5, 0.6) is 0 Å². The minimum Gasteiger partial charge on any atom is -0.0759 e. The van der Waals surface area contributed by atoms with Gasteiger partial charge in [0.15, 0.2) is 0 Å². The molecule has 52 valence electrons. The zero-order chi connectivity index (χ0) is 6.81. The summed E-state index contributed by atoms with van der Waals surface area (Å²) in [6.07, 6.45) is 14.1. The minimum absolute atomic E-state index is 1.10. The molecule has 0 heterocycles. The average molecular weight is 132 g/mol. The summed E-state index contributed by atoms with van der Waals surface area (Å²) in [6.45, 7) is 0. The molecule has 10 heavy (non-hydrogen) atoms. The summed E-state index contributed by atoms with van der Waals surface area (Å²) in [7, 11) is 0. The summed E-state index contributed by atoms with van der Waals surface area (Å²) in [5, 5.41) is 0. The maximum atomic E-state index is 3.25. The smallest absolute Gasteiger partial charge is 0.0128 e. The molecule has 2 aliphatic rings. The largest absolute Gasteiger partial charge is 0.0759 e. The highest BCUT2D eigenvalue weighted by atomic mass is 14.2. The predicted molar refractivity (Wildman–Crippen MR) is 42.5 cm³/mol. The first kappa shape index (κ1) is 6.21. The van der Waals surface area contributed by atoms with Gasteiger partial charge in [-0.3, -0.25) is 0 Å². The Hall–Kier alpha value is -0.520. The van der Waals surface area contributed by atoms with Crippen molar-refractivity contribution in [3.63, 3.8) is 0 Å². The number of hydrogen-bond donors (Lipinski definition) is 0. The van der Waals surface area contributed by atoms with Crippen molar-refractivity contribution in [3.05, 3.63) is 29.7 Å². The number of hydrogen-bond acceptors (Lipinski definition) is 0. The van der Waals surface area contributed by atoms with Gasteiger partial charge in [-0.15, -0.1) is 0 Å². The lowest BCUT2D eigenvalue weighted by molar-refractivity contribution is 0.665. The van der Waals surface area contributed by atoms with Gasteiger partial charge >= 0.3 is 0 Å². The van der Waals surface area contributed by atoms with Crippen molar-refractivity contribution in [1.82, 2.24) is 0 Å². The topological polar surface area (TPSA) is 0 Å². The van der Waals surface area contributed by atoms with E-state index in [-0.39, 0.29) is 0 Å². The number of rotatable bonds is 0. The van der Waals surface area contributed by atoms with E-state index in [2.05, 4.69) is 18.6 Å². The molecular weight excluding hydrogens is 120 g/mol. The van der Waals surface area contributed by atoms with E-state index >= 15 is 0 Å². The van der Waals surface area contributed by atoms with Crippen molar-refractivity contribution >= 4 is 0 Å². The van der Waals surface area contributed by atoms with Crippen LogP contribution in [0.15, 0.2) is 23.3 Å². The monoisotopic (exact) mass is 132 g/mol. The molecule has 0 aliphatic heterocycles. The van der Waals surface area contributed by atoms with E-state index in [0.717, 1.165) is 6.42 Å². The lowest BCUT2D eigenvalue weighted by Crippen LogP contribution is -2.01. The van der Waals surface area contributed by atoms with Crippen LogP contribution in [0.4, 0.5) is 0 Å². The maximum Gasteiger partial charge on any atom is 0.0128 e. The highest BCUT2D eigenvalue weighted by Gasteiger charge is 2.12. The molecule has 0 heteroatoms. The van der Waals surface area contributed by atoms with Gasteiger partial charge in [-0.05, 0) is 37.7 Å². The van der Waals surface area contributed by atoms with Crippen molar-refractivity contribution in [2.24, 2.45) is 0 Å². The highest BCUT2D eigenvalue weighted by Crippen LogP contribution is 2.30. The molecule has 0 N–H and O–H groups in total. The third-order valence-corrected chi connectivity index (χ3v) is 2.35. The molecule has 0 fully saturated rings. The molecule has 0 aromatic rings. The van der Waals surface area contributed by atoms with Crippen LogP contribution < -0.4 is 0 Å². The van der Waals surface area contributed by atoms with Crippen LogP contribution in [0, 0.1) is 6.42 Å². The quantitative estimate of drug-likeness (QED) is 0.475. The average Bonchev–Trinajstić information content (AvgIpc) is 2.05. The molecule has 0 saturated heterocycles. The van der Waals surface area contributed by atoms with Crippen molar-refractivity contribution in [3.8, 4) is 0 Å². The fraction of sp³-hybridized carbons (Fsp3) is 0.500. The summed E-state index contributed by atoms with van der Waals surface area (Å²) in [6, 6.07) is 0. The lowest BCUT2D eigenvalue weighted by atomic mass is 9.86. The molecule has 0 aromatic heterocycles. The Kier molecular flexibility index (Phi) is 1.62. The molecule has 2 rings (SSSR count). The van der Waals surface area contributed by atoms with E-state index < -0.39 is 0 Å². The number of allylic oxidation sites excluding steroid dienone is 4. The van der Waals surface area contributed by atoms with E-state index in [1.165, 1.54) is 25.7 Å². The molecule has 0 amide bonds. The molecule has 2 aliphatic carbocycles. The van der Waals surface area contributed by atoms with Gasteiger partial charge in [0.05, 0.1) is 0 Å². The SMILES string of the molecule is [C]1C=CC2=C(C1)CCCC2. The van der Waals surface area contributed by atoms with Crippen molar-refractivity contribution in [2.45, 2.75) is 32.1 Å². The van der Waals surface area contributed by atoms with E-state index in [0.29, 0.717) is 0 Å². The van der Waals surface area contributed by atoms with Crippen LogP contribution in [-0.2, 0) is 0 Å². The van der Waals surface area contributed by atoms with Gasteiger partial charge in [0.25, 0.3) is 0 Å². The Morgan fingerprint density at radius 1 is 1.20 bits per heavy atom. The molecule has 0 saturated carbocycles. The molecule has 0 atom stereocenters. The molecule has 0 nitrogen and oxygen atoms in total. The molecule has 0 spiro atoms. The van der Waals surface area contributed by atoms with Crippen LogP contribution in [0.1, 0.15) is 32.1 Å². The second-order valence-electron chi connectivity index (χ2n) is 3.05. The van der Waals surface area contributed by atoms with Crippen LogP contribution in [-0.4, -0.2) is 0 Å². The Morgan fingerprint density at radius 3 is 3.00 bits per heavy atom. The normalized spacial score (nSPS) is 24.8. The Balaban J connectivity index is 2.23. The van der Waals surface area contributed by atoms with Gasteiger partial charge in [0.1, 0.15) is 0 Å². The summed E-state index contributed by atoms with van der Waals surface area (Å²) < 4.78 is 0. The predicted octanol–water partition coefficient (Wildman–Crippen LogP) is 2.90. The molecule has 0 unspecified atom stereocenters. The molecule has 0 bridgehead atoms. The van der Waals surface area contributed by atoms with Gasteiger partial charge < -0.3 is 0 Å². The second kappa shape index (κ2) is 2.61. The first-order valence-electron chi connectivity index (χ1n) is 4.07.